The Morgan fingerprint density at radius 1 is 0.312 bits per heavy atom. The summed E-state index contributed by atoms with van der Waals surface area (Å²) in [5, 5.41) is 0. The lowest BCUT2D eigenvalue weighted by Crippen LogP contribution is -2.54. The van der Waals surface area contributed by atoms with E-state index in [-0.39, 0.29) is 0 Å². The van der Waals surface area contributed by atoms with Crippen LogP contribution in [0.2, 0.25) is 33.2 Å². The summed E-state index contributed by atoms with van der Waals surface area (Å²) >= 11 is 12.0. The second-order valence-corrected chi connectivity index (χ2v) is 34.4. The Bertz CT molecular complexity index is 1910. The fourth-order valence-electron chi connectivity index (χ4n) is 9.40. The molecule has 0 atom stereocenters. The molecule has 0 aromatic carbocycles. The lowest BCUT2D eigenvalue weighted by Gasteiger charge is -2.42. The van der Waals surface area contributed by atoms with E-state index in [9.17, 15) is 0 Å². The quantitative estimate of drug-likeness (QED) is 0.109. The van der Waals surface area contributed by atoms with Crippen molar-refractivity contribution < 1.29 is 0 Å². The molecule has 0 aliphatic heterocycles. The lowest BCUT2D eigenvalue weighted by atomic mass is 10.3. The van der Waals surface area contributed by atoms with Crippen molar-refractivity contribution in [1.82, 2.24) is 0 Å². The summed E-state index contributed by atoms with van der Waals surface area (Å²) in [5.41, 5.74) is 4.43. The largest absolute Gasteiger partial charge is 0.144 e. The van der Waals surface area contributed by atoms with Crippen LogP contribution in [0.1, 0.15) is 83.1 Å². The van der Waals surface area contributed by atoms with E-state index in [1.807, 2.05) is 45.3 Å². The third-order valence-electron chi connectivity index (χ3n) is 11.2. The predicted octanol–water partition coefficient (Wildman–Crippen LogP) is 15.6. The van der Waals surface area contributed by atoms with Crippen molar-refractivity contribution in [3.05, 3.63) is 60.7 Å². The van der Waals surface area contributed by atoms with Crippen molar-refractivity contribution >= 4 is 103 Å². The Balaban J connectivity index is 1.22. The smallest absolute Gasteiger partial charge is 0.107 e. The molecule has 0 saturated carbocycles. The fraction of sp³-hybridized carbons (Fsp3) is 0.450. The van der Waals surface area contributed by atoms with Gasteiger partial charge in [-0.3, -0.25) is 0 Å². The number of hydrogen-bond donors (Lipinski definition) is 0. The van der Waals surface area contributed by atoms with Crippen molar-refractivity contribution in [1.29, 1.82) is 0 Å². The first-order chi connectivity index (χ1) is 22.7. The first-order valence-corrected chi connectivity index (χ1v) is 27.0. The Hall–Kier alpha value is -1.11. The zero-order chi connectivity index (χ0) is 34.7. The van der Waals surface area contributed by atoms with Crippen LogP contribution in [0.15, 0.2) is 60.7 Å². The van der Waals surface area contributed by atoms with Crippen LogP contribution in [0, 0.1) is 0 Å². The van der Waals surface area contributed by atoms with Crippen LogP contribution in [-0.2, 0) is 0 Å². The van der Waals surface area contributed by atoms with Crippen molar-refractivity contribution in [3.8, 4) is 39.0 Å². The van der Waals surface area contributed by atoms with Crippen LogP contribution < -0.4 is 9.00 Å². The molecule has 0 radical (unpaired) electrons. The van der Waals surface area contributed by atoms with Gasteiger partial charge >= 0.3 is 0 Å². The second kappa shape index (κ2) is 14.1. The number of thiophene rings is 6. The molecule has 0 amide bonds. The van der Waals surface area contributed by atoms with E-state index in [4.69, 9.17) is 0 Å². The summed E-state index contributed by atoms with van der Waals surface area (Å²) < 4.78 is 6.22. The highest BCUT2D eigenvalue weighted by molar-refractivity contribution is 7.36. The summed E-state index contributed by atoms with van der Waals surface area (Å²) in [4.78, 5) is 11.3. The summed E-state index contributed by atoms with van der Waals surface area (Å²) in [6.45, 7) is 29.6. The molecular formula is C40H52S6Si2. The molecule has 0 bridgehead atoms. The van der Waals surface area contributed by atoms with Crippen molar-refractivity contribution in [2.75, 3.05) is 0 Å². The Kier molecular flexibility index (Phi) is 10.8. The standard InChI is InChI=1S/C40H52S6Si2/c1-23(2)47(24(3)4,25(5)6)39-19-17-32(45-39)31-14-13-29(41-31)30-15-16-33(42-30)35-21-37-38(43-35)22-36(44-37)34-18-20-40(46-34)48(26(7)8,27(9)10)28(11)12/h13-28H,1-12H3. The van der Waals surface area contributed by atoms with Gasteiger partial charge in [0, 0.05) is 48.4 Å². The summed E-state index contributed by atoms with van der Waals surface area (Å²) in [6, 6.07) is 24.1. The molecule has 48 heavy (non-hydrogen) atoms. The SMILES string of the molecule is CC(C)[Si](c1ccc(-c2ccc(-c3ccc(-c4cc5sc(-c6ccc([Si](C(C)C)(C(C)C)C(C)C)s6)cc5s4)s3)s2)s1)(C(C)C)C(C)C. The molecule has 0 N–H and O–H groups in total. The molecule has 0 aliphatic carbocycles. The van der Waals surface area contributed by atoms with Gasteiger partial charge in [0.25, 0.3) is 0 Å². The number of rotatable bonds is 12. The van der Waals surface area contributed by atoms with E-state index >= 15 is 0 Å². The molecule has 6 aromatic heterocycles. The molecule has 8 heteroatoms. The van der Waals surface area contributed by atoms with Crippen molar-refractivity contribution in [2.24, 2.45) is 0 Å². The lowest BCUT2D eigenvalue weighted by molar-refractivity contribution is 0.837. The normalized spacial score (nSPS) is 13.3. The number of hydrogen-bond acceptors (Lipinski definition) is 6. The minimum Gasteiger partial charge on any atom is -0.144 e. The maximum Gasteiger partial charge on any atom is 0.107 e. The highest BCUT2D eigenvalue weighted by Crippen LogP contribution is 2.49. The molecule has 0 nitrogen and oxygen atoms in total. The number of fused-ring (bicyclic) bond motifs is 1. The molecule has 0 unspecified atom stereocenters. The van der Waals surface area contributed by atoms with E-state index in [0.717, 1.165) is 33.2 Å². The summed E-state index contributed by atoms with van der Waals surface area (Å²) in [6.07, 6.45) is 0. The van der Waals surface area contributed by atoms with E-state index in [1.54, 1.807) is 9.00 Å². The van der Waals surface area contributed by atoms with Crippen LogP contribution in [-0.4, -0.2) is 16.1 Å². The van der Waals surface area contributed by atoms with Gasteiger partial charge in [-0.25, -0.2) is 0 Å². The van der Waals surface area contributed by atoms with Crippen LogP contribution >= 0.6 is 68.0 Å². The Labute approximate surface area is 316 Å². The van der Waals surface area contributed by atoms with E-state index in [0.29, 0.717) is 0 Å². The van der Waals surface area contributed by atoms with Gasteiger partial charge in [0.15, 0.2) is 0 Å². The Morgan fingerprint density at radius 2 is 0.562 bits per heavy atom. The zero-order valence-corrected chi connectivity index (χ0v) is 37.6. The van der Waals surface area contributed by atoms with Gasteiger partial charge < -0.3 is 0 Å². The molecular weight excluding hydrogens is 729 g/mol. The van der Waals surface area contributed by atoms with Gasteiger partial charge in [0.2, 0.25) is 0 Å². The third kappa shape index (κ3) is 6.12. The monoisotopic (exact) mass is 780 g/mol. The van der Waals surface area contributed by atoms with E-state index in [2.05, 4.69) is 166 Å². The maximum absolute atomic E-state index is 2.49. The average molecular weight is 781 g/mol. The zero-order valence-electron chi connectivity index (χ0n) is 30.7. The molecule has 6 heterocycles. The van der Waals surface area contributed by atoms with Gasteiger partial charge in [-0.05, 0) is 90.8 Å². The molecule has 6 aromatic rings. The van der Waals surface area contributed by atoms with Gasteiger partial charge in [0.1, 0.15) is 16.1 Å². The highest BCUT2D eigenvalue weighted by Gasteiger charge is 2.46. The van der Waals surface area contributed by atoms with Crippen LogP contribution in [0.5, 0.6) is 0 Å². The molecule has 0 saturated heterocycles. The van der Waals surface area contributed by atoms with Gasteiger partial charge in [-0.2, -0.15) is 0 Å². The summed E-state index contributed by atoms with van der Waals surface area (Å²) in [5.74, 6) is 0. The van der Waals surface area contributed by atoms with Crippen molar-refractivity contribution in [2.45, 2.75) is 116 Å². The fourth-order valence-corrected chi connectivity index (χ4v) is 34.1. The van der Waals surface area contributed by atoms with Crippen LogP contribution in [0.25, 0.3) is 48.4 Å². The first kappa shape index (κ1) is 36.7. The molecule has 0 aliphatic rings. The van der Waals surface area contributed by atoms with E-state index < -0.39 is 16.1 Å². The van der Waals surface area contributed by atoms with Crippen LogP contribution in [0.4, 0.5) is 0 Å². The summed E-state index contributed by atoms with van der Waals surface area (Å²) in [7, 11) is -3.25. The first-order valence-electron chi connectivity index (χ1n) is 17.7. The minimum atomic E-state index is -1.63. The van der Waals surface area contributed by atoms with Gasteiger partial charge in [-0.15, -0.1) is 68.0 Å². The van der Waals surface area contributed by atoms with Gasteiger partial charge in [-0.1, -0.05) is 95.2 Å². The maximum atomic E-state index is 2.49. The van der Waals surface area contributed by atoms with Crippen LogP contribution in [0.3, 0.4) is 0 Å². The van der Waals surface area contributed by atoms with Gasteiger partial charge in [0.05, 0.1) is 0 Å². The molecule has 256 valence electrons. The topological polar surface area (TPSA) is 0 Å². The van der Waals surface area contributed by atoms with Crippen molar-refractivity contribution in [3.63, 3.8) is 0 Å². The molecule has 0 spiro atoms. The highest BCUT2D eigenvalue weighted by atomic mass is 32.1. The van der Waals surface area contributed by atoms with E-state index in [1.165, 1.54) is 48.4 Å². The Morgan fingerprint density at radius 3 is 0.875 bits per heavy atom. The second-order valence-electron chi connectivity index (χ2n) is 15.4. The average Bonchev–Trinajstić information content (AvgIpc) is 3.81. The third-order valence-corrected chi connectivity index (χ3v) is 34.5. The predicted molar refractivity (Wildman–Crippen MR) is 234 cm³/mol. The minimum absolute atomic E-state index is 0.737. The molecule has 6 rings (SSSR count). The molecule has 0 fully saturated rings.